The number of primary amides is 1. The Morgan fingerprint density at radius 1 is 1.14 bits per heavy atom. The Morgan fingerprint density at radius 3 is 2.62 bits per heavy atom. The molecule has 0 fully saturated rings. The van der Waals surface area contributed by atoms with Crippen LogP contribution in [0.15, 0.2) is 48.5 Å². The summed E-state index contributed by atoms with van der Waals surface area (Å²) in [4.78, 5) is 23.1. The summed E-state index contributed by atoms with van der Waals surface area (Å²) in [5.41, 5.74) is 5.83. The lowest BCUT2D eigenvalue weighted by Gasteiger charge is -2.10. The van der Waals surface area contributed by atoms with Crippen LogP contribution in [0.5, 0.6) is 5.75 Å². The molecule has 2 rings (SSSR count). The van der Waals surface area contributed by atoms with Crippen LogP contribution in [0.25, 0.3) is 0 Å². The Morgan fingerprint density at radius 2 is 1.90 bits per heavy atom. The number of nitrogens with one attached hydrogen (secondary N) is 1. The molecule has 6 heteroatoms. The van der Waals surface area contributed by atoms with Gasteiger partial charge >= 0.3 is 0 Å². The summed E-state index contributed by atoms with van der Waals surface area (Å²) in [7, 11) is 0. The van der Waals surface area contributed by atoms with E-state index in [4.69, 9.17) is 22.1 Å². The van der Waals surface area contributed by atoms with Gasteiger partial charge in [-0.2, -0.15) is 0 Å². The molecule has 2 aromatic carbocycles. The smallest absolute Gasteiger partial charge is 0.262 e. The molecule has 0 saturated heterocycles. The molecule has 0 spiro atoms. The summed E-state index contributed by atoms with van der Waals surface area (Å²) in [5, 5.41) is 3.10. The van der Waals surface area contributed by atoms with Crippen molar-refractivity contribution in [2.24, 2.45) is 5.73 Å². The molecule has 3 N–H and O–H groups in total. The number of rotatable bonds is 5. The Kier molecular flexibility index (Phi) is 4.79. The first-order valence-electron chi connectivity index (χ1n) is 6.13. The molecule has 0 bridgehead atoms. The van der Waals surface area contributed by atoms with Crippen molar-refractivity contribution in [3.63, 3.8) is 0 Å². The van der Waals surface area contributed by atoms with Gasteiger partial charge in [0.15, 0.2) is 6.61 Å². The monoisotopic (exact) mass is 304 g/mol. The van der Waals surface area contributed by atoms with Crippen molar-refractivity contribution in [2.75, 3.05) is 11.9 Å². The van der Waals surface area contributed by atoms with Crippen molar-refractivity contribution >= 4 is 29.1 Å². The van der Waals surface area contributed by atoms with Crippen molar-refractivity contribution in [1.29, 1.82) is 0 Å². The Hall–Kier alpha value is -2.53. The quantitative estimate of drug-likeness (QED) is 0.890. The fourth-order valence-corrected chi connectivity index (χ4v) is 1.88. The third-order valence-corrected chi connectivity index (χ3v) is 2.87. The Bertz CT molecular complexity index is 673. The first kappa shape index (κ1) is 14.9. The molecule has 0 saturated carbocycles. The van der Waals surface area contributed by atoms with E-state index in [0.29, 0.717) is 16.5 Å². The summed E-state index contributed by atoms with van der Waals surface area (Å²) in [6.07, 6.45) is 0. The zero-order valence-corrected chi connectivity index (χ0v) is 11.8. The lowest BCUT2D eigenvalue weighted by atomic mass is 10.1. The zero-order valence-electron chi connectivity index (χ0n) is 11.0. The van der Waals surface area contributed by atoms with Crippen LogP contribution in [0.3, 0.4) is 0 Å². The van der Waals surface area contributed by atoms with Crippen molar-refractivity contribution in [1.82, 2.24) is 0 Å². The number of benzene rings is 2. The van der Waals surface area contributed by atoms with Crippen molar-refractivity contribution in [2.45, 2.75) is 0 Å². The molecule has 0 aromatic heterocycles. The first-order valence-corrected chi connectivity index (χ1v) is 6.51. The van der Waals surface area contributed by atoms with Crippen molar-refractivity contribution in [3.8, 4) is 5.75 Å². The molecule has 21 heavy (non-hydrogen) atoms. The fraction of sp³-hybridized carbons (Fsp3) is 0.0667. The lowest BCUT2D eigenvalue weighted by Crippen LogP contribution is -2.22. The van der Waals surface area contributed by atoms with E-state index in [1.165, 1.54) is 6.07 Å². The largest absolute Gasteiger partial charge is 0.484 e. The van der Waals surface area contributed by atoms with Gasteiger partial charge in [0.25, 0.3) is 11.8 Å². The van der Waals surface area contributed by atoms with Crippen LogP contribution >= 0.6 is 11.6 Å². The maximum atomic E-state index is 11.8. The number of carbonyl (C=O) groups is 2. The van der Waals surface area contributed by atoms with E-state index >= 15 is 0 Å². The van der Waals surface area contributed by atoms with Crippen LogP contribution in [-0.4, -0.2) is 18.4 Å². The van der Waals surface area contributed by atoms with E-state index in [9.17, 15) is 9.59 Å². The predicted octanol–water partition coefficient (Wildman–Crippen LogP) is 2.46. The minimum Gasteiger partial charge on any atom is -0.484 e. The molecule has 0 aliphatic heterocycles. The van der Waals surface area contributed by atoms with Crippen LogP contribution in [-0.2, 0) is 4.79 Å². The summed E-state index contributed by atoms with van der Waals surface area (Å²) in [5.74, 6) is -0.522. The summed E-state index contributed by atoms with van der Waals surface area (Å²) in [6.45, 7) is -0.201. The normalized spacial score (nSPS) is 9.95. The molecule has 0 aliphatic carbocycles. The maximum absolute atomic E-state index is 11.8. The average Bonchev–Trinajstić information content (AvgIpc) is 2.45. The molecular formula is C15H13ClN2O3. The number of ether oxygens (including phenoxy) is 1. The molecule has 0 atom stereocenters. The fourth-order valence-electron chi connectivity index (χ4n) is 1.70. The van der Waals surface area contributed by atoms with Gasteiger partial charge in [-0.25, -0.2) is 0 Å². The van der Waals surface area contributed by atoms with Gasteiger partial charge in [-0.1, -0.05) is 29.8 Å². The third-order valence-electron chi connectivity index (χ3n) is 2.63. The second-order valence-electron chi connectivity index (χ2n) is 4.20. The van der Waals surface area contributed by atoms with E-state index < -0.39 is 11.8 Å². The van der Waals surface area contributed by atoms with E-state index in [2.05, 4.69) is 5.32 Å². The highest BCUT2D eigenvalue weighted by Gasteiger charge is 2.10. The summed E-state index contributed by atoms with van der Waals surface area (Å²) < 4.78 is 5.31. The SMILES string of the molecule is NC(=O)c1ccccc1NC(=O)COc1cccc(Cl)c1. The summed E-state index contributed by atoms with van der Waals surface area (Å²) >= 11 is 5.81. The molecule has 0 heterocycles. The molecular weight excluding hydrogens is 292 g/mol. The number of carbonyl (C=O) groups excluding carboxylic acids is 2. The number of amides is 2. The molecule has 0 radical (unpaired) electrons. The van der Waals surface area contributed by atoms with Crippen molar-refractivity contribution in [3.05, 3.63) is 59.1 Å². The second-order valence-corrected chi connectivity index (χ2v) is 4.64. The van der Waals surface area contributed by atoms with Crippen LogP contribution in [0.2, 0.25) is 5.02 Å². The van der Waals surface area contributed by atoms with E-state index in [1.807, 2.05) is 0 Å². The topological polar surface area (TPSA) is 81.4 Å². The van der Waals surface area contributed by atoms with Crippen LogP contribution in [0.4, 0.5) is 5.69 Å². The molecule has 2 aromatic rings. The van der Waals surface area contributed by atoms with Crippen LogP contribution in [0.1, 0.15) is 10.4 Å². The van der Waals surface area contributed by atoms with E-state index in [-0.39, 0.29) is 12.2 Å². The van der Waals surface area contributed by atoms with Gasteiger partial charge in [0.2, 0.25) is 0 Å². The highest BCUT2D eigenvalue weighted by atomic mass is 35.5. The number of halogens is 1. The third kappa shape index (κ3) is 4.22. The van der Waals surface area contributed by atoms with Gasteiger partial charge in [0.05, 0.1) is 11.3 Å². The van der Waals surface area contributed by atoms with Gasteiger partial charge in [-0.15, -0.1) is 0 Å². The van der Waals surface area contributed by atoms with Gasteiger partial charge < -0.3 is 15.8 Å². The number of nitrogens with two attached hydrogens (primary N) is 1. The second kappa shape index (κ2) is 6.76. The number of para-hydroxylation sites is 1. The first-order chi connectivity index (χ1) is 10.1. The maximum Gasteiger partial charge on any atom is 0.262 e. The molecule has 0 unspecified atom stereocenters. The highest BCUT2D eigenvalue weighted by Crippen LogP contribution is 2.17. The van der Waals surface area contributed by atoms with Crippen LogP contribution < -0.4 is 15.8 Å². The molecule has 0 aliphatic rings. The standard InChI is InChI=1S/C15H13ClN2O3/c16-10-4-3-5-11(8-10)21-9-14(19)18-13-7-2-1-6-12(13)15(17)20/h1-8H,9H2,(H2,17,20)(H,18,19). The van der Waals surface area contributed by atoms with Crippen LogP contribution in [0, 0.1) is 0 Å². The van der Waals surface area contributed by atoms with Gasteiger partial charge in [-0.3, -0.25) is 9.59 Å². The number of hydrogen-bond donors (Lipinski definition) is 2. The molecule has 5 nitrogen and oxygen atoms in total. The zero-order chi connectivity index (χ0) is 15.2. The molecule has 2 amide bonds. The van der Waals surface area contributed by atoms with Crippen molar-refractivity contribution < 1.29 is 14.3 Å². The molecule has 108 valence electrons. The Labute approximate surface area is 126 Å². The van der Waals surface area contributed by atoms with Gasteiger partial charge in [0, 0.05) is 5.02 Å². The van der Waals surface area contributed by atoms with E-state index in [1.54, 1.807) is 42.5 Å². The number of anilines is 1. The summed E-state index contributed by atoms with van der Waals surface area (Å²) in [6, 6.07) is 13.2. The van der Waals surface area contributed by atoms with E-state index in [0.717, 1.165) is 0 Å². The Balaban J connectivity index is 1.98. The minimum atomic E-state index is -0.610. The minimum absolute atomic E-state index is 0.201. The number of hydrogen-bond acceptors (Lipinski definition) is 3. The van der Waals surface area contributed by atoms with Gasteiger partial charge in [0.1, 0.15) is 5.75 Å². The average molecular weight is 305 g/mol. The van der Waals surface area contributed by atoms with Gasteiger partial charge in [-0.05, 0) is 30.3 Å². The predicted molar refractivity (Wildman–Crippen MR) is 80.5 cm³/mol. The highest BCUT2D eigenvalue weighted by molar-refractivity contribution is 6.30. The lowest BCUT2D eigenvalue weighted by molar-refractivity contribution is -0.118.